The van der Waals surface area contributed by atoms with E-state index in [2.05, 4.69) is 55.1 Å². The first-order valence-electron chi connectivity index (χ1n) is 8.74. The lowest BCUT2D eigenvalue weighted by atomic mass is 9.72. The molecule has 2 aliphatic carbocycles. The Hall–Kier alpha value is -1.63. The summed E-state index contributed by atoms with van der Waals surface area (Å²) in [5.74, 6) is 0. The van der Waals surface area contributed by atoms with Crippen LogP contribution in [0.25, 0.3) is 11.3 Å². The van der Waals surface area contributed by atoms with Crippen LogP contribution in [0.1, 0.15) is 48.8 Å². The number of benzene rings is 1. The van der Waals surface area contributed by atoms with E-state index in [1.54, 1.807) is 11.1 Å². The third-order valence-corrected chi connectivity index (χ3v) is 5.92. The highest BCUT2D eigenvalue weighted by molar-refractivity contribution is 5.62. The fourth-order valence-corrected chi connectivity index (χ4v) is 4.72. The molecule has 22 heavy (non-hydrogen) atoms. The first-order chi connectivity index (χ1) is 10.7. The molecule has 4 rings (SSSR count). The van der Waals surface area contributed by atoms with E-state index in [-0.39, 0.29) is 0 Å². The second-order valence-electron chi connectivity index (χ2n) is 7.55. The monoisotopic (exact) mass is 292 g/mol. The fraction of sp³-hybridized carbons (Fsp3) is 0.476. The molecule has 2 aromatic rings. The molecule has 1 saturated carbocycles. The third-order valence-electron chi connectivity index (χ3n) is 5.92. The SMILES string of the molecule is Cc1ccccc1-c1cc2c(c[n+]1C)CC1(CCCCC1)C2. The van der Waals surface area contributed by atoms with Gasteiger partial charge in [-0.15, -0.1) is 0 Å². The van der Waals surface area contributed by atoms with E-state index in [1.807, 2.05) is 0 Å². The smallest absolute Gasteiger partial charge is 0.201 e. The lowest BCUT2D eigenvalue weighted by molar-refractivity contribution is -0.660. The van der Waals surface area contributed by atoms with Gasteiger partial charge in [0.1, 0.15) is 7.05 Å². The molecule has 0 radical (unpaired) electrons. The summed E-state index contributed by atoms with van der Waals surface area (Å²) in [5, 5.41) is 0. The van der Waals surface area contributed by atoms with Crippen molar-refractivity contribution in [3.63, 3.8) is 0 Å². The number of nitrogens with zero attached hydrogens (tertiary/aromatic N) is 1. The molecule has 0 saturated heterocycles. The van der Waals surface area contributed by atoms with E-state index in [4.69, 9.17) is 0 Å². The van der Waals surface area contributed by atoms with Crippen LogP contribution < -0.4 is 4.57 Å². The minimum atomic E-state index is 0.595. The summed E-state index contributed by atoms with van der Waals surface area (Å²) in [6, 6.07) is 11.2. The van der Waals surface area contributed by atoms with Crippen LogP contribution in [0.5, 0.6) is 0 Å². The average molecular weight is 292 g/mol. The Bertz CT molecular complexity index is 708. The van der Waals surface area contributed by atoms with Crippen LogP contribution in [0.2, 0.25) is 0 Å². The van der Waals surface area contributed by atoms with Crippen LogP contribution in [-0.4, -0.2) is 0 Å². The molecule has 0 amide bonds. The molecule has 1 aromatic carbocycles. The lowest BCUT2D eigenvalue weighted by Crippen LogP contribution is -2.31. The zero-order valence-electron chi connectivity index (χ0n) is 13.9. The van der Waals surface area contributed by atoms with E-state index < -0.39 is 0 Å². The molecule has 1 heteroatoms. The van der Waals surface area contributed by atoms with Gasteiger partial charge in [0.2, 0.25) is 5.69 Å². The van der Waals surface area contributed by atoms with Crippen molar-refractivity contribution in [3.8, 4) is 11.3 Å². The van der Waals surface area contributed by atoms with E-state index in [0.717, 1.165) is 0 Å². The molecule has 0 atom stereocenters. The number of rotatable bonds is 1. The Balaban J connectivity index is 1.74. The zero-order valence-corrected chi connectivity index (χ0v) is 13.9. The largest absolute Gasteiger partial charge is 0.212 e. The highest BCUT2D eigenvalue weighted by Crippen LogP contribution is 2.47. The molecule has 0 bridgehead atoms. The number of aryl methyl sites for hydroxylation is 2. The van der Waals surface area contributed by atoms with Gasteiger partial charge in [-0.25, -0.2) is 4.57 Å². The summed E-state index contributed by atoms with van der Waals surface area (Å²) in [7, 11) is 2.20. The fourth-order valence-electron chi connectivity index (χ4n) is 4.72. The van der Waals surface area contributed by atoms with Gasteiger partial charge in [-0.2, -0.15) is 0 Å². The molecule has 2 aliphatic rings. The van der Waals surface area contributed by atoms with Crippen molar-refractivity contribution in [1.29, 1.82) is 0 Å². The molecule has 0 N–H and O–H groups in total. The van der Waals surface area contributed by atoms with Crippen LogP contribution in [0.3, 0.4) is 0 Å². The van der Waals surface area contributed by atoms with E-state index in [1.165, 1.54) is 61.8 Å². The van der Waals surface area contributed by atoms with Gasteiger partial charge >= 0.3 is 0 Å². The van der Waals surface area contributed by atoms with Crippen LogP contribution in [0.15, 0.2) is 36.5 Å². The predicted octanol–water partition coefficient (Wildman–Crippen LogP) is 4.54. The molecular formula is C21H26N+. The Morgan fingerprint density at radius 2 is 1.68 bits per heavy atom. The van der Waals surface area contributed by atoms with Gasteiger partial charge in [-0.05, 0) is 55.2 Å². The predicted molar refractivity (Wildman–Crippen MR) is 90.7 cm³/mol. The number of hydrogen-bond donors (Lipinski definition) is 0. The number of hydrogen-bond acceptors (Lipinski definition) is 0. The third kappa shape index (κ3) is 2.27. The number of pyridine rings is 1. The van der Waals surface area contributed by atoms with Crippen LogP contribution in [0, 0.1) is 12.3 Å². The molecular weight excluding hydrogens is 266 g/mol. The van der Waals surface area contributed by atoms with Gasteiger partial charge in [0.25, 0.3) is 0 Å². The van der Waals surface area contributed by atoms with E-state index in [9.17, 15) is 0 Å². The maximum absolute atomic E-state index is 2.47. The molecule has 1 nitrogen and oxygen atoms in total. The molecule has 1 aromatic heterocycles. The van der Waals surface area contributed by atoms with Crippen LogP contribution in [-0.2, 0) is 19.9 Å². The Kier molecular flexibility index (Phi) is 3.32. The highest BCUT2D eigenvalue weighted by Gasteiger charge is 2.39. The van der Waals surface area contributed by atoms with Crippen molar-refractivity contribution in [1.82, 2.24) is 0 Å². The molecule has 1 heterocycles. The quantitative estimate of drug-likeness (QED) is 0.680. The van der Waals surface area contributed by atoms with Crippen LogP contribution >= 0.6 is 0 Å². The maximum Gasteiger partial charge on any atom is 0.212 e. The minimum absolute atomic E-state index is 0.595. The van der Waals surface area contributed by atoms with Gasteiger partial charge in [-0.3, -0.25) is 0 Å². The Morgan fingerprint density at radius 3 is 2.45 bits per heavy atom. The van der Waals surface area contributed by atoms with Gasteiger partial charge in [0, 0.05) is 17.2 Å². The second kappa shape index (κ2) is 5.22. The van der Waals surface area contributed by atoms with Crippen LogP contribution in [0.4, 0.5) is 0 Å². The van der Waals surface area contributed by atoms with Crippen molar-refractivity contribution < 1.29 is 4.57 Å². The summed E-state index contributed by atoms with van der Waals surface area (Å²) in [4.78, 5) is 0. The Morgan fingerprint density at radius 1 is 0.955 bits per heavy atom. The normalized spacial score (nSPS) is 19.4. The van der Waals surface area contributed by atoms with Gasteiger partial charge in [0.05, 0.1) is 0 Å². The van der Waals surface area contributed by atoms with Crippen molar-refractivity contribution in [2.24, 2.45) is 12.5 Å². The highest BCUT2D eigenvalue weighted by atomic mass is 14.9. The van der Waals surface area contributed by atoms with E-state index in [0.29, 0.717) is 5.41 Å². The maximum atomic E-state index is 2.47. The Labute approximate surface area is 134 Å². The first kappa shape index (κ1) is 14.0. The molecule has 1 spiro atoms. The summed E-state index contributed by atoms with van der Waals surface area (Å²) >= 11 is 0. The summed E-state index contributed by atoms with van der Waals surface area (Å²) in [6.07, 6.45) is 12.2. The van der Waals surface area contributed by atoms with Gasteiger partial charge in [0.15, 0.2) is 6.20 Å². The van der Waals surface area contributed by atoms with Crippen molar-refractivity contribution in [2.45, 2.75) is 51.9 Å². The van der Waals surface area contributed by atoms with Crippen molar-refractivity contribution in [3.05, 3.63) is 53.2 Å². The van der Waals surface area contributed by atoms with Crippen molar-refractivity contribution >= 4 is 0 Å². The summed E-state index contributed by atoms with van der Waals surface area (Å²) < 4.78 is 2.34. The second-order valence-corrected chi connectivity index (χ2v) is 7.55. The van der Waals surface area contributed by atoms with E-state index >= 15 is 0 Å². The lowest BCUT2D eigenvalue weighted by Gasteiger charge is -2.32. The standard InChI is InChI=1S/C21H26N/c1-16-8-4-5-9-19(16)20-12-17-13-21(10-6-3-7-11-21)14-18(17)15-22(20)2/h4-5,8-9,12,15H,3,6-7,10-11,13-14H2,1-2H3/q+1. The van der Waals surface area contributed by atoms with Gasteiger partial charge in [-0.1, -0.05) is 37.5 Å². The minimum Gasteiger partial charge on any atom is -0.201 e. The number of fused-ring (bicyclic) bond motifs is 1. The first-order valence-corrected chi connectivity index (χ1v) is 8.74. The zero-order chi connectivity index (χ0) is 15.2. The molecule has 1 fully saturated rings. The average Bonchev–Trinajstić information content (AvgIpc) is 2.84. The molecule has 114 valence electrons. The molecule has 0 unspecified atom stereocenters. The summed E-state index contributed by atoms with van der Waals surface area (Å²) in [6.45, 7) is 2.21. The number of aromatic nitrogens is 1. The summed E-state index contributed by atoms with van der Waals surface area (Å²) in [5.41, 5.74) is 7.91. The van der Waals surface area contributed by atoms with Gasteiger partial charge < -0.3 is 0 Å². The molecule has 0 aliphatic heterocycles. The van der Waals surface area contributed by atoms with Crippen molar-refractivity contribution in [2.75, 3.05) is 0 Å². The topological polar surface area (TPSA) is 3.88 Å².